The molecule has 0 aliphatic heterocycles. The van der Waals surface area contributed by atoms with Crippen LogP contribution in [0.25, 0.3) is 0 Å². The van der Waals surface area contributed by atoms with Crippen LogP contribution in [0.1, 0.15) is 18.4 Å². The van der Waals surface area contributed by atoms with Crippen LogP contribution in [0.4, 0.5) is 4.39 Å². The highest BCUT2D eigenvalue weighted by atomic mass is 35.5. The Bertz CT molecular complexity index is 334. The fourth-order valence-electron chi connectivity index (χ4n) is 1.34. The molecule has 70 valence electrons. The van der Waals surface area contributed by atoms with Crippen LogP contribution in [0.15, 0.2) is 18.2 Å². The molecule has 0 spiro atoms. The van der Waals surface area contributed by atoms with Gasteiger partial charge in [0, 0.05) is 11.4 Å². The van der Waals surface area contributed by atoms with Crippen molar-refractivity contribution in [2.45, 2.75) is 24.9 Å². The van der Waals surface area contributed by atoms with Gasteiger partial charge >= 0.3 is 0 Å². The highest BCUT2D eigenvalue weighted by Crippen LogP contribution is 2.39. The first-order valence-corrected chi connectivity index (χ1v) is 4.63. The van der Waals surface area contributed by atoms with Crippen molar-refractivity contribution in [3.63, 3.8) is 0 Å². The van der Waals surface area contributed by atoms with Crippen molar-refractivity contribution >= 4 is 11.6 Å². The molecule has 0 heterocycles. The van der Waals surface area contributed by atoms with Crippen LogP contribution in [0.3, 0.4) is 0 Å². The smallest absolute Gasteiger partial charge is 0.124 e. The van der Waals surface area contributed by atoms with Gasteiger partial charge in [0.05, 0.1) is 5.60 Å². The summed E-state index contributed by atoms with van der Waals surface area (Å²) in [6.45, 7) is 0. The summed E-state index contributed by atoms with van der Waals surface area (Å²) in [6, 6.07) is 4.28. The largest absolute Gasteiger partial charge is 0.390 e. The molecule has 1 aliphatic rings. The quantitative estimate of drug-likeness (QED) is 0.778. The zero-order valence-corrected chi connectivity index (χ0v) is 7.81. The zero-order valence-electron chi connectivity index (χ0n) is 7.06. The van der Waals surface area contributed by atoms with Gasteiger partial charge in [-0.05, 0) is 30.5 Å². The molecule has 0 unspecified atom stereocenters. The molecule has 0 aromatic heterocycles. The van der Waals surface area contributed by atoms with E-state index in [2.05, 4.69) is 0 Å². The molecule has 3 heteroatoms. The van der Waals surface area contributed by atoms with Gasteiger partial charge in [-0.15, -0.1) is 0 Å². The second-order valence-electron chi connectivity index (χ2n) is 3.64. The fraction of sp³-hybridized carbons (Fsp3) is 0.400. The van der Waals surface area contributed by atoms with E-state index in [0.717, 1.165) is 18.4 Å². The van der Waals surface area contributed by atoms with Gasteiger partial charge < -0.3 is 5.11 Å². The van der Waals surface area contributed by atoms with Crippen LogP contribution in [0, 0.1) is 5.82 Å². The molecule has 0 radical (unpaired) electrons. The van der Waals surface area contributed by atoms with Gasteiger partial charge in [0.15, 0.2) is 0 Å². The molecule has 2 rings (SSSR count). The lowest BCUT2D eigenvalue weighted by Crippen LogP contribution is -2.10. The average Bonchev–Trinajstić information content (AvgIpc) is 2.75. The molecule has 0 amide bonds. The third-order valence-corrected chi connectivity index (χ3v) is 2.71. The fourth-order valence-corrected chi connectivity index (χ4v) is 1.57. The Morgan fingerprint density at radius 1 is 1.46 bits per heavy atom. The SMILES string of the molecule is OC1(Cc2ccc(F)cc2Cl)CC1. The second-order valence-corrected chi connectivity index (χ2v) is 4.04. The van der Waals surface area contributed by atoms with Gasteiger partial charge in [0.25, 0.3) is 0 Å². The van der Waals surface area contributed by atoms with Crippen LogP contribution in [0.2, 0.25) is 5.02 Å². The highest BCUT2D eigenvalue weighted by Gasteiger charge is 2.40. The highest BCUT2D eigenvalue weighted by molar-refractivity contribution is 6.31. The summed E-state index contributed by atoms with van der Waals surface area (Å²) in [5.74, 6) is -0.337. The lowest BCUT2D eigenvalue weighted by atomic mass is 10.1. The van der Waals surface area contributed by atoms with E-state index in [1.165, 1.54) is 12.1 Å². The van der Waals surface area contributed by atoms with E-state index in [1.807, 2.05) is 0 Å². The normalized spacial score (nSPS) is 18.7. The van der Waals surface area contributed by atoms with Crippen molar-refractivity contribution < 1.29 is 9.50 Å². The Hall–Kier alpha value is -0.600. The summed E-state index contributed by atoms with van der Waals surface area (Å²) in [5.41, 5.74) is 0.254. The maximum Gasteiger partial charge on any atom is 0.124 e. The molecule has 1 nitrogen and oxygen atoms in total. The van der Waals surface area contributed by atoms with Crippen molar-refractivity contribution in [2.24, 2.45) is 0 Å². The van der Waals surface area contributed by atoms with Gasteiger partial charge in [-0.2, -0.15) is 0 Å². The molecular formula is C10H10ClFO. The summed E-state index contributed by atoms with van der Waals surface area (Å²) < 4.78 is 12.6. The lowest BCUT2D eigenvalue weighted by molar-refractivity contribution is 0.151. The van der Waals surface area contributed by atoms with E-state index in [1.54, 1.807) is 6.07 Å². The number of halogens is 2. The molecule has 13 heavy (non-hydrogen) atoms. The van der Waals surface area contributed by atoms with E-state index in [0.29, 0.717) is 11.4 Å². The second kappa shape index (κ2) is 2.96. The van der Waals surface area contributed by atoms with Gasteiger partial charge in [-0.3, -0.25) is 0 Å². The van der Waals surface area contributed by atoms with Crippen molar-refractivity contribution in [1.82, 2.24) is 0 Å². The Kier molecular flexibility index (Phi) is 2.05. The molecule has 0 bridgehead atoms. The summed E-state index contributed by atoms with van der Waals surface area (Å²) >= 11 is 5.81. The first-order chi connectivity index (χ1) is 6.09. The monoisotopic (exact) mass is 200 g/mol. The number of hydrogen-bond donors (Lipinski definition) is 1. The Labute approximate surface area is 81.1 Å². The van der Waals surface area contributed by atoms with E-state index in [4.69, 9.17) is 11.6 Å². The minimum absolute atomic E-state index is 0.337. The van der Waals surface area contributed by atoms with Crippen molar-refractivity contribution in [3.05, 3.63) is 34.6 Å². The lowest BCUT2D eigenvalue weighted by Gasteiger charge is -2.08. The van der Waals surface area contributed by atoms with E-state index < -0.39 is 5.60 Å². The van der Waals surface area contributed by atoms with E-state index in [-0.39, 0.29) is 5.82 Å². The van der Waals surface area contributed by atoms with Crippen molar-refractivity contribution in [1.29, 1.82) is 0 Å². The number of hydrogen-bond acceptors (Lipinski definition) is 1. The maximum absolute atomic E-state index is 12.6. The van der Waals surface area contributed by atoms with E-state index in [9.17, 15) is 9.50 Å². The summed E-state index contributed by atoms with van der Waals surface area (Å²) in [4.78, 5) is 0. The standard InChI is InChI=1S/C10H10ClFO/c11-9-5-8(12)2-1-7(9)6-10(13)3-4-10/h1-2,5,13H,3-4,6H2. The van der Waals surface area contributed by atoms with Crippen molar-refractivity contribution in [2.75, 3.05) is 0 Å². The first-order valence-electron chi connectivity index (χ1n) is 4.25. The number of benzene rings is 1. The van der Waals surface area contributed by atoms with Crippen LogP contribution in [0.5, 0.6) is 0 Å². The molecular weight excluding hydrogens is 191 g/mol. The molecule has 1 aromatic carbocycles. The minimum atomic E-state index is -0.568. The average molecular weight is 201 g/mol. The van der Waals surface area contributed by atoms with Crippen LogP contribution in [-0.2, 0) is 6.42 Å². The predicted molar refractivity (Wildman–Crippen MR) is 49.3 cm³/mol. The topological polar surface area (TPSA) is 20.2 Å². The first kappa shape index (κ1) is 8.97. The Balaban J connectivity index is 2.20. The zero-order chi connectivity index (χ0) is 9.47. The third-order valence-electron chi connectivity index (χ3n) is 2.36. The third kappa shape index (κ3) is 2.01. The van der Waals surface area contributed by atoms with Gasteiger partial charge in [-0.1, -0.05) is 17.7 Å². The van der Waals surface area contributed by atoms with Gasteiger partial charge in [0.2, 0.25) is 0 Å². The van der Waals surface area contributed by atoms with Gasteiger partial charge in [-0.25, -0.2) is 4.39 Å². The molecule has 1 N–H and O–H groups in total. The molecule has 1 aliphatic carbocycles. The molecule has 0 saturated heterocycles. The molecule has 1 fully saturated rings. The molecule has 1 saturated carbocycles. The Morgan fingerprint density at radius 3 is 2.69 bits per heavy atom. The summed E-state index contributed by atoms with van der Waals surface area (Å²) in [5, 5.41) is 10.0. The summed E-state index contributed by atoms with van der Waals surface area (Å²) in [6.07, 6.45) is 2.17. The van der Waals surface area contributed by atoms with Crippen LogP contribution < -0.4 is 0 Å². The molecule has 0 atom stereocenters. The van der Waals surface area contributed by atoms with Gasteiger partial charge in [0.1, 0.15) is 5.82 Å². The molecule has 1 aromatic rings. The van der Waals surface area contributed by atoms with Crippen LogP contribution in [-0.4, -0.2) is 10.7 Å². The predicted octanol–water partition coefficient (Wildman–Crippen LogP) is 2.55. The summed E-state index contributed by atoms with van der Waals surface area (Å²) in [7, 11) is 0. The number of rotatable bonds is 2. The maximum atomic E-state index is 12.6. The van der Waals surface area contributed by atoms with E-state index >= 15 is 0 Å². The number of aliphatic hydroxyl groups is 1. The van der Waals surface area contributed by atoms with Crippen LogP contribution >= 0.6 is 11.6 Å². The van der Waals surface area contributed by atoms with Crippen molar-refractivity contribution in [3.8, 4) is 0 Å². The Morgan fingerprint density at radius 2 is 2.15 bits per heavy atom. The minimum Gasteiger partial charge on any atom is -0.390 e.